The van der Waals surface area contributed by atoms with Crippen LogP contribution in [0.25, 0.3) is 5.69 Å². The van der Waals surface area contributed by atoms with Crippen molar-refractivity contribution in [3.05, 3.63) is 48.3 Å². The maximum Gasteiger partial charge on any atom is 0.317 e. The molecule has 3 rings (SSSR count). The molecule has 6 heteroatoms. The first-order valence-corrected chi connectivity index (χ1v) is 8.83. The van der Waals surface area contributed by atoms with Crippen LogP contribution < -0.4 is 5.32 Å². The van der Waals surface area contributed by atoms with Crippen molar-refractivity contribution in [3.63, 3.8) is 0 Å². The molecule has 1 aliphatic rings. The van der Waals surface area contributed by atoms with Crippen LogP contribution in [-0.4, -0.2) is 53.1 Å². The average Bonchev–Trinajstić information content (AvgIpc) is 3.16. The highest BCUT2D eigenvalue weighted by Crippen LogP contribution is 2.19. The van der Waals surface area contributed by atoms with Crippen molar-refractivity contribution in [2.45, 2.75) is 38.3 Å². The molecule has 0 aliphatic carbocycles. The summed E-state index contributed by atoms with van der Waals surface area (Å²) in [7, 11) is 1.74. The largest absolute Gasteiger partial charge is 0.381 e. The van der Waals surface area contributed by atoms with Gasteiger partial charge in [0, 0.05) is 38.6 Å². The number of methoxy groups -OCH3 is 1. The van der Waals surface area contributed by atoms with Crippen molar-refractivity contribution < 1.29 is 9.53 Å². The van der Waals surface area contributed by atoms with Crippen LogP contribution in [-0.2, 0) is 11.2 Å². The molecule has 2 heterocycles. The molecule has 25 heavy (non-hydrogen) atoms. The fraction of sp³-hybridized carbons (Fsp3) is 0.474. The third-order valence-corrected chi connectivity index (χ3v) is 4.82. The number of nitrogens with one attached hydrogen (secondary N) is 1. The van der Waals surface area contributed by atoms with E-state index in [0.717, 1.165) is 31.5 Å². The molecule has 1 aliphatic heterocycles. The lowest BCUT2D eigenvalue weighted by molar-refractivity contribution is 0.0294. The molecular weight excluding hydrogens is 316 g/mol. The van der Waals surface area contributed by atoms with Gasteiger partial charge in [0.05, 0.1) is 11.8 Å². The number of nitrogens with zero attached hydrogens (tertiary/aromatic N) is 3. The number of aromatic nitrogens is 2. The summed E-state index contributed by atoms with van der Waals surface area (Å²) in [5, 5.41) is 7.25. The van der Waals surface area contributed by atoms with Gasteiger partial charge < -0.3 is 15.0 Å². The van der Waals surface area contributed by atoms with Gasteiger partial charge in [0.15, 0.2) is 0 Å². The molecule has 0 spiro atoms. The van der Waals surface area contributed by atoms with Crippen molar-refractivity contribution in [2.75, 3.05) is 20.2 Å². The van der Waals surface area contributed by atoms with Crippen LogP contribution in [0.4, 0.5) is 4.79 Å². The van der Waals surface area contributed by atoms with Gasteiger partial charge >= 0.3 is 6.03 Å². The van der Waals surface area contributed by atoms with Gasteiger partial charge in [-0.2, -0.15) is 5.10 Å². The quantitative estimate of drug-likeness (QED) is 0.909. The number of urea groups is 1. The van der Waals surface area contributed by atoms with Crippen LogP contribution >= 0.6 is 0 Å². The zero-order chi connectivity index (χ0) is 17.6. The van der Waals surface area contributed by atoms with Crippen LogP contribution in [0, 0.1) is 0 Å². The lowest BCUT2D eigenvalue weighted by Gasteiger charge is -2.37. The number of likely N-dealkylation sites (tertiary alicyclic amines) is 1. The zero-order valence-corrected chi connectivity index (χ0v) is 14.9. The smallest absolute Gasteiger partial charge is 0.317 e. The number of hydrogen-bond acceptors (Lipinski definition) is 3. The van der Waals surface area contributed by atoms with E-state index >= 15 is 0 Å². The van der Waals surface area contributed by atoms with Crippen molar-refractivity contribution in [2.24, 2.45) is 0 Å². The van der Waals surface area contributed by atoms with Gasteiger partial charge in [-0.05, 0) is 49.9 Å². The molecule has 2 aromatic rings. The minimum absolute atomic E-state index is 0.0233. The number of rotatable bonds is 5. The molecule has 0 saturated carbocycles. The Hall–Kier alpha value is -2.34. The summed E-state index contributed by atoms with van der Waals surface area (Å²) in [6, 6.07) is 10.4. The van der Waals surface area contributed by atoms with Gasteiger partial charge in [-0.3, -0.25) is 0 Å². The molecule has 0 unspecified atom stereocenters. The zero-order valence-electron chi connectivity index (χ0n) is 14.9. The van der Waals surface area contributed by atoms with Crippen molar-refractivity contribution in [1.82, 2.24) is 20.0 Å². The maximum atomic E-state index is 12.4. The van der Waals surface area contributed by atoms with E-state index < -0.39 is 0 Å². The number of piperidine rings is 1. The minimum Gasteiger partial charge on any atom is -0.381 e. The summed E-state index contributed by atoms with van der Waals surface area (Å²) in [6.07, 6.45) is 6.58. The highest BCUT2D eigenvalue weighted by atomic mass is 16.5. The van der Waals surface area contributed by atoms with Crippen molar-refractivity contribution in [1.29, 1.82) is 0 Å². The molecule has 1 saturated heterocycles. The van der Waals surface area contributed by atoms with E-state index in [1.807, 2.05) is 34.0 Å². The van der Waals surface area contributed by atoms with E-state index in [2.05, 4.69) is 29.5 Å². The molecule has 2 amide bonds. The second kappa shape index (κ2) is 8.16. The fourth-order valence-electron chi connectivity index (χ4n) is 3.30. The number of amides is 2. The first kappa shape index (κ1) is 17.5. The molecule has 6 nitrogen and oxygen atoms in total. The topological polar surface area (TPSA) is 59.4 Å². The van der Waals surface area contributed by atoms with E-state index in [0.29, 0.717) is 6.54 Å². The number of hydrogen-bond donors (Lipinski definition) is 1. The number of ether oxygens (including phenoxy) is 1. The molecule has 1 N–H and O–H groups in total. The molecule has 1 fully saturated rings. The van der Waals surface area contributed by atoms with Crippen molar-refractivity contribution in [3.8, 4) is 5.69 Å². The van der Waals surface area contributed by atoms with Crippen LogP contribution in [0.5, 0.6) is 0 Å². The van der Waals surface area contributed by atoms with E-state index in [1.54, 1.807) is 13.3 Å². The van der Waals surface area contributed by atoms with Gasteiger partial charge in [-0.15, -0.1) is 0 Å². The summed E-state index contributed by atoms with van der Waals surface area (Å²) >= 11 is 0. The van der Waals surface area contributed by atoms with E-state index in [4.69, 9.17) is 4.74 Å². The predicted octanol–water partition coefficient (Wildman–Crippen LogP) is 2.62. The Labute approximate surface area is 148 Å². The Morgan fingerprint density at radius 3 is 2.80 bits per heavy atom. The van der Waals surface area contributed by atoms with Crippen LogP contribution in [0.15, 0.2) is 42.7 Å². The molecule has 1 aromatic heterocycles. The summed E-state index contributed by atoms with van der Waals surface area (Å²) in [4.78, 5) is 14.3. The highest BCUT2D eigenvalue weighted by Gasteiger charge is 2.28. The first-order valence-electron chi connectivity index (χ1n) is 8.83. The SMILES string of the molecule is CO[C@@H]1CCN(C(=O)NCCc2ccc(-n3cccn3)cc2)[C@@H](C)C1. The molecule has 1 aromatic carbocycles. The molecule has 0 radical (unpaired) electrons. The summed E-state index contributed by atoms with van der Waals surface area (Å²) < 4.78 is 7.23. The number of carbonyl (C=O) groups is 1. The van der Waals surface area contributed by atoms with E-state index in [1.165, 1.54) is 5.56 Å². The predicted molar refractivity (Wildman–Crippen MR) is 96.9 cm³/mol. The Balaban J connectivity index is 1.45. The fourth-order valence-corrected chi connectivity index (χ4v) is 3.30. The third kappa shape index (κ3) is 4.39. The molecule has 0 bridgehead atoms. The Kier molecular flexibility index (Phi) is 5.71. The molecule has 2 atom stereocenters. The first-order chi connectivity index (χ1) is 12.2. The van der Waals surface area contributed by atoms with Crippen LogP contribution in [0.3, 0.4) is 0 Å². The summed E-state index contributed by atoms with van der Waals surface area (Å²) in [5.74, 6) is 0. The minimum atomic E-state index is 0.0233. The average molecular weight is 342 g/mol. The van der Waals surface area contributed by atoms with Gasteiger partial charge in [-0.1, -0.05) is 12.1 Å². The van der Waals surface area contributed by atoms with Gasteiger partial charge in [0.25, 0.3) is 0 Å². The standard InChI is InChI=1S/C19H26N4O2/c1-15-14-18(25-2)9-13-22(15)19(24)20-11-8-16-4-6-17(7-5-16)23-12-3-10-21-23/h3-7,10,12,15,18H,8-9,11,13-14H2,1-2H3,(H,20,24)/t15-,18+/m0/s1. The van der Waals surface area contributed by atoms with Crippen LogP contribution in [0.1, 0.15) is 25.3 Å². The van der Waals surface area contributed by atoms with E-state index in [-0.39, 0.29) is 18.2 Å². The Bertz CT molecular complexity index is 669. The normalized spacial score (nSPS) is 20.5. The Morgan fingerprint density at radius 1 is 1.36 bits per heavy atom. The second-order valence-electron chi connectivity index (χ2n) is 6.52. The molecular formula is C19H26N4O2. The van der Waals surface area contributed by atoms with E-state index in [9.17, 15) is 4.79 Å². The lowest BCUT2D eigenvalue weighted by atomic mass is 10.0. The lowest BCUT2D eigenvalue weighted by Crippen LogP contribution is -2.50. The monoisotopic (exact) mass is 342 g/mol. The van der Waals surface area contributed by atoms with Crippen molar-refractivity contribution >= 4 is 6.03 Å². The second-order valence-corrected chi connectivity index (χ2v) is 6.52. The van der Waals surface area contributed by atoms with Gasteiger partial charge in [-0.25, -0.2) is 9.48 Å². The van der Waals surface area contributed by atoms with Gasteiger partial charge in [0.1, 0.15) is 0 Å². The highest BCUT2D eigenvalue weighted by molar-refractivity contribution is 5.74. The maximum absolute atomic E-state index is 12.4. The summed E-state index contributed by atoms with van der Waals surface area (Å²) in [5.41, 5.74) is 2.23. The molecule has 134 valence electrons. The van der Waals surface area contributed by atoms with Gasteiger partial charge in [0.2, 0.25) is 0 Å². The van der Waals surface area contributed by atoms with Crippen LogP contribution in [0.2, 0.25) is 0 Å². The Morgan fingerprint density at radius 2 is 2.16 bits per heavy atom. The number of benzene rings is 1. The third-order valence-electron chi connectivity index (χ3n) is 4.82. The summed E-state index contributed by atoms with van der Waals surface area (Å²) in [6.45, 7) is 3.47. The number of carbonyl (C=O) groups excluding carboxylic acids is 1.